The minimum Gasteiger partial charge on any atom is -0.396 e. The first-order valence-electron chi connectivity index (χ1n) is 4.57. The van der Waals surface area contributed by atoms with Crippen molar-refractivity contribution in [3.63, 3.8) is 0 Å². The zero-order chi connectivity index (χ0) is 8.77. The first-order chi connectivity index (χ1) is 5.65. The summed E-state index contributed by atoms with van der Waals surface area (Å²) in [6.45, 7) is 2.21. The third-order valence-corrected chi connectivity index (χ3v) is 3.02. The van der Waals surface area contributed by atoms with Gasteiger partial charge < -0.3 is 10.4 Å². The van der Waals surface area contributed by atoms with E-state index in [9.17, 15) is 4.79 Å². The molecule has 0 aromatic rings. The lowest BCUT2D eigenvalue weighted by atomic mass is 10.1. The molecule has 0 aromatic heterocycles. The average Bonchev–Trinajstić information content (AvgIpc) is 2.89. The molecule has 0 radical (unpaired) electrons. The molecule has 3 heteroatoms. The monoisotopic (exact) mass is 169 g/mol. The summed E-state index contributed by atoms with van der Waals surface area (Å²) in [6.07, 6.45) is 3.00. The van der Waals surface area contributed by atoms with Crippen LogP contribution in [0.3, 0.4) is 0 Å². The van der Waals surface area contributed by atoms with Crippen LogP contribution < -0.4 is 5.32 Å². The summed E-state index contributed by atoms with van der Waals surface area (Å²) in [4.78, 5) is 11.4. The Labute approximate surface area is 72.2 Å². The normalized spacial score (nSPS) is 35.8. The van der Waals surface area contributed by atoms with E-state index < -0.39 is 0 Å². The van der Waals surface area contributed by atoms with Crippen LogP contribution in [0.2, 0.25) is 0 Å². The lowest BCUT2D eigenvalue weighted by Crippen LogP contribution is -2.33. The summed E-state index contributed by atoms with van der Waals surface area (Å²) in [5.41, 5.74) is -0.0669. The fourth-order valence-electron chi connectivity index (χ4n) is 1.38. The summed E-state index contributed by atoms with van der Waals surface area (Å²) in [5, 5.41) is 11.7. The van der Waals surface area contributed by atoms with E-state index in [-0.39, 0.29) is 24.0 Å². The first-order valence-corrected chi connectivity index (χ1v) is 4.57. The second kappa shape index (κ2) is 2.46. The fourth-order valence-corrected chi connectivity index (χ4v) is 1.38. The maximum Gasteiger partial charge on any atom is 0.226 e. The maximum absolute atomic E-state index is 11.4. The largest absolute Gasteiger partial charge is 0.396 e. The molecule has 2 aliphatic rings. The molecule has 12 heavy (non-hydrogen) atoms. The van der Waals surface area contributed by atoms with Crippen molar-refractivity contribution in [2.45, 2.75) is 32.2 Å². The Morgan fingerprint density at radius 1 is 1.67 bits per heavy atom. The molecule has 2 saturated carbocycles. The van der Waals surface area contributed by atoms with E-state index >= 15 is 0 Å². The van der Waals surface area contributed by atoms with Crippen LogP contribution in [0.1, 0.15) is 26.2 Å². The number of amides is 1. The molecule has 0 heterocycles. The van der Waals surface area contributed by atoms with Crippen LogP contribution in [-0.4, -0.2) is 23.7 Å². The van der Waals surface area contributed by atoms with E-state index in [1.165, 1.54) is 0 Å². The molecular formula is C9H15NO2. The molecule has 0 saturated heterocycles. The number of hydrogen-bond acceptors (Lipinski definition) is 2. The molecule has 2 unspecified atom stereocenters. The number of carbonyl (C=O) groups excluding carboxylic acids is 1. The molecule has 2 N–H and O–H groups in total. The van der Waals surface area contributed by atoms with Gasteiger partial charge in [0.05, 0.1) is 0 Å². The molecule has 0 spiro atoms. The van der Waals surface area contributed by atoms with Crippen molar-refractivity contribution < 1.29 is 9.90 Å². The fraction of sp³-hybridized carbons (Fsp3) is 0.889. The highest BCUT2D eigenvalue weighted by atomic mass is 16.3. The minimum atomic E-state index is -0.0669. The van der Waals surface area contributed by atoms with E-state index in [2.05, 4.69) is 5.32 Å². The van der Waals surface area contributed by atoms with Gasteiger partial charge in [0.1, 0.15) is 0 Å². The van der Waals surface area contributed by atoms with E-state index in [1.807, 2.05) is 6.92 Å². The quantitative estimate of drug-likeness (QED) is 0.637. The van der Waals surface area contributed by atoms with Gasteiger partial charge in [0.25, 0.3) is 0 Å². The van der Waals surface area contributed by atoms with E-state index in [0.29, 0.717) is 5.92 Å². The molecular weight excluding hydrogens is 154 g/mol. The highest BCUT2D eigenvalue weighted by Crippen LogP contribution is 2.46. The third kappa shape index (κ3) is 1.33. The van der Waals surface area contributed by atoms with Crippen molar-refractivity contribution in [3.8, 4) is 0 Å². The van der Waals surface area contributed by atoms with Crippen LogP contribution >= 0.6 is 0 Å². The number of aliphatic hydroxyl groups excluding tert-OH is 1. The maximum atomic E-state index is 11.4. The molecule has 68 valence electrons. The first kappa shape index (κ1) is 8.05. The Morgan fingerprint density at radius 2 is 2.33 bits per heavy atom. The van der Waals surface area contributed by atoms with Crippen LogP contribution in [0.4, 0.5) is 0 Å². The molecule has 2 fully saturated rings. The number of nitrogens with one attached hydrogen (secondary N) is 1. The predicted molar refractivity (Wildman–Crippen MR) is 44.5 cm³/mol. The number of rotatable bonds is 3. The summed E-state index contributed by atoms with van der Waals surface area (Å²) in [5.74, 6) is 0.514. The molecule has 2 aliphatic carbocycles. The molecule has 1 amide bonds. The topological polar surface area (TPSA) is 49.3 Å². The van der Waals surface area contributed by atoms with Crippen molar-refractivity contribution in [1.82, 2.24) is 5.32 Å². The highest BCUT2D eigenvalue weighted by molar-refractivity contribution is 5.85. The van der Waals surface area contributed by atoms with Crippen molar-refractivity contribution in [1.29, 1.82) is 0 Å². The van der Waals surface area contributed by atoms with E-state index in [0.717, 1.165) is 19.3 Å². The summed E-state index contributed by atoms with van der Waals surface area (Å²) in [7, 11) is 0. The van der Waals surface area contributed by atoms with Gasteiger partial charge in [-0.1, -0.05) is 6.92 Å². The Hall–Kier alpha value is -0.570. The van der Waals surface area contributed by atoms with Crippen LogP contribution in [0, 0.1) is 11.3 Å². The Bertz CT molecular complexity index is 211. The second-order valence-electron chi connectivity index (χ2n) is 4.32. The lowest BCUT2D eigenvalue weighted by Gasteiger charge is -2.08. The molecule has 2 atom stereocenters. The van der Waals surface area contributed by atoms with Crippen LogP contribution in [-0.2, 0) is 4.79 Å². The van der Waals surface area contributed by atoms with Gasteiger partial charge in [0.15, 0.2) is 0 Å². The van der Waals surface area contributed by atoms with Gasteiger partial charge in [-0.15, -0.1) is 0 Å². The van der Waals surface area contributed by atoms with E-state index in [4.69, 9.17) is 5.11 Å². The van der Waals surface area contributed by atoms with Gasteiger partial charge in [-0.3, -0.25) is 4.79 Å². The van der Waals surface area contributed by atoms with Gasteiger partial charge >= 0.3 is 0 Å². The van der Waals surface area contributed by atoms with Crippen molar-refractivity contribution >= 4 is 5.91 Å². The second-order valence-corrected chi connectivity index (χ2v) is 4.32. The standard InChI is InChI=1S/C9H15NO2/c1-9(2-3-9)8(12)10-7-4-6(7)5-11/h6-7,11H,2-5H2,1H3,(H,10,12). The smallest absolute Gasteiger partial charge is 0.226 e. The van der Waals surface area contributed by atoms with Crippen molar-refractivity contribution in [2.75, 3.05) is 6.61 Å². The van der Waals surface area contributed by atoms with Crippen LogP contribution in [0.25, 0.3) is 0 Å². The summed E-state index contributed by atoms with van der Waals surface area (Å²) < 4.78 is 0. The van der Waals surface area contributed by atoms with Gasteiger partial charge in [0, 0.05) is 24.0 Å². The zero-order valence-corrected chi connectivity index (χ0v) is 7.34. The number of hydrogen-bond donors (Lipinski definition) is 2. The summed E-state index contributed by atoms with van der Waals surface area (Å²) in [6, 6.07) is 0.264. The predicted octanol–water partition coefficient (Wildman–Crippen LogP) is 0.283. The average molecular weight is 169 g/mol. The number of carbonyl (C=O) groups is 1. The van der Waals surface area contributed by atoms with Crippen LogP contribution in [0.15, 0.2) is 0 Å². The number of aliphatic hydroxyl groups is 1. The molecule has 3 nitrogen and oxygen atoms in total. The van der Waals surface area contributed by atoms with Gasteiger partial charge in [-0.05, 0) is 19.3 Å². The third-order valence-electron chi connectivity index (χ3n) is 3.02. The lowest BCUT2D eigenvalue weighted by molar-refractivity contribution is -0.125. The minimum absolute atomic E-state index is 0.0669. The molecule has 0 aromatic carbocycles. The highest BCUT2D eigenvalue weighted by Gasteiger charge is 2.48. The van der Waals surface area contributed by atoms with E-state index in [1.54, 1.807) is 0 Å². The van der Waals surface area contributed by atoms with Crippen molar-refractivity contribution in [3.05, 3.63) is 0 Å². The SMILES string of the molecule is CC1(C(=O)NC2CC2CO)CC1. The van der Waals surface area contributed by atoms with Gasteiger partial charge in [-0.25, -0.2) is 0 Å². The van der Waals surface area contributed by atoms with Gasteiger partial charge in [-0.2, -0.15) is 0 Å². The molecule has 0 bridgehead atoms. The van der Waals surface area contributed by atoms with Crippen molar-refractivity contribution in [2.24, 2.45) is 11.3 Å². The zero-order valence-electron chi connectivity index (χ0n) is 7.34. The Morgan fingerprint density at radius 3 is 2.75 bits per heavy atom. The Balaban J connectivity index is 1.77. The molecule has 0 aliphatic heterocycles. The summed E-state index contributed by atoms with van der Waals surface area (Å²) >= 11 is 0. The Kier molecular flexibility index (Phi) is 1.65. The van der Waals surface area contributed by atoms with Gasteiger partial charge in [0.2, 0.25) is 5.91 Å². The molecule has 2 rings (SSSR count). The van der Waals surface area contributed by atoms with Crippen LogP contribution in [0.5, 0.6) is 0 Å².